The molecule has 1 N–H and O–H groups in total. The normalized spacial score (nSPS) is 17.5. The maximum atomic E-state index is 13.1. The highest BCUT2D eigenvalue weighted by Crippen LogP contribution is 2.44. The number of carbonyl (C=O) groups is 3. The summed E-state index contributed by atoms with van der Waals surface area (Å²) in [6.45, 7) is 9.16. The van der Waals surface area contributed by atoms with Crippen LogP contribution >= 0.6 is 0 Å². The zero-order chi connectivity index (χ0) is 25.4. The summed E-state index contributed by atoms with van der Waals surface area (Å²) in [5.74, 6) is -0.955. The molecule has 2 aromatic rings. The Hall–Kier alpha value is -3.35. The highest BCUT2D eigenvalue weighted by Gasteiger charge is 2.41. The molecule has 2 aromatic carbocycles. The molecule has 0 radical (unpaired) electrons. The Morgan fingerprint density at radius 1 is 0.943 bits per heavy atom. The molecule has 1 aliphatic heterocycles. The quantitative estimate of drug-likeness (QED) is 0.633. The van der Waals surface area contributed by atoms with Crippen molar-refractivity contribution in [2.24, 2.45) is 0 Å². The molecule has 1 aliphatic carbocycles. The number of nitrogens with one attached hydrogen (secondary N) is 1. The molecule has 7 heteroatoms. The zero-order valence-corrected chi connectivity index (χ0v) is 21.1. The Kier molecular flexibility index (Phi) is 6.62. The van der Waals surface area contributed by atoms with Crippen molar-refractivity contribution >= 4 is 18.0 Å². The van der Waals surface area contributed by atoms with E-state index in [0.29, 0.717) is 19.4 Å². The minimum Gasteiger partial charge on any atom is -0.458 e. The molecule has 1 fully saturated rings. The van der Waals surface area contributed by atoms with Crippen molar-refractivity contribution in [3.05, 3.63) is 59.7 Å². The van der Waals surface area contributed by atoms with Gasteiger partial charge < -0.3 is 14.8 Å². The summed E-state index contributed by atoms with van der Waals surface area (Å²) in [4.78, 5) is 40.1. The molecule has 4 rings (SSSR count). The molecule has 2 amide bonds. The molecule has 0 unspecified atom stereocenters. The van der Waals surface area contributed by atoms with E-state index >= 15 is 0 Å². The monoisotopic (exact) mass is 478 g/mol. The molecule has 7 nitrogen and oxygen atoms in total. The van der Waals surface area contributed by atoms with Crippen molar-refractivity contribution in [1.82, 2.24) is 10.2 Å². The van der Waals surface area contributed by atoms with Gasteiger partial charge in [-0.25, -0.2) is 9.59 Å². The molecule has 0 spiro atoms. The topological polar surface area (TPSA) is 84.9 Å². The van der Waals surface area contributed by atoms with Crippen LogP contribution < -0.4 is 5.32 Å². The molecule has 2 aliphatic rings. The molecule has 0 saturated carbocycles. The van der Waals surface area contributed by atoms with Crippen LogP contribution in [0.3, 0.4) is 0 Å². The van der Waals surface area contributed by atoms with Crippen LogP contribution in [0.4, 0.5) is 4.79 Å². The van der Waals surface area contributed by atoms with Gasteiger partial charge in [-0.05, 0) is 69.7 Å². The third-order valence-electron chi connectivity index (χ3n) is 6.47. The number of hydrogen-bond donors (Lipinski definition) is 1. The fourth-order valence-corrected chi connectivity index (χ4v) is 4.78. The van der Waals surface area contributed by atoms with Crippen LogP contribution in [0.25, 0.3) is 11.1 Å². The van der Waals surface area contributed by atoms with E-state index in [4.69, 9.17) is 9.47 Å². The van der Waals surface area contributed by atoms with E-state index in [0.717, 1.165) is 22.3 Å². The number of hydrogen-bond acceptors (Lipinski definition) is 5. The first-order valence-corrected chi connectivity index (χ1v) is 12.1. The summed E-state index contributed by atoms with van der Waals surface area (Å²) in [6, 6.07) is 15.6. The summed E-state index contributed by atoms with van der Waals surface area (Å²) in [6.07, 6.45) is 0.690. The first-order valence-electron chi connectivity index (χ1n) is 12.1. The van der Waals surface area contributed by atoms with E-state index in [1.54, 1.807) is 34.6 Å². The standard InChI is InChI=1S/C28H34N2O5/c1-27(2,3)35-25(32)28(4,5)29-24(31)23-15-10-16-30(23)26(33)34-17-22-20-13-8-6-11-18(20)19-12-7-9-14-21(19)22/h6-9,11-14,22-23H,10,15-17H2,1-5H3,(H,29,31)/t23-/m0/s1. The lowest BCUT2D eigenvalue weighted by Crippen LogP contribution is -2.57. The van der Waals surface area contributed by atoms with Gasteiger partial charge >= 0.3 is 12.1 Å². The molecule has 0 aromatic heterocycles. The average molecular weight is 479 g/mol. The third-order valence-corrected chi connectivity index (χ3v) is 6.47. The minimum atomic E-state index is -1.22. The lowest BCUT2D eigenvalue weighted by molar-refractivity contribution is -0.163. The van der Waals surface area contributed by atoms with Gasteiger partial charge in [0.1, 0.15) is 23.8 Å². The SMILES string of the molecule is CC(C)(C)OC(=O)C(C)(C)NC(=O)[C@@H]1CCCN1C(=O)OCC1c2ccccc2-c2ccccc21. The molecule has 35 heavy (non-hydrogen) atoms. The predicted molar refractivity (Wildman–Crippen MR) is 133 cm³/mol. The van der Waals surface area contributed by atoms with Crippen molar-refractivity contribution in [2.75, 3.05) is 13.2 Å². The fourth-order valence-electron chi connectivity index (χ4n) is 4.78. The average Bonchev–Trinajstić information content (AvgIpc) is 3.40. The lowest BCUT2D eigenvalue weighted by Gasteiger charge is -2.31. The van der Waals surface area contributed by atoms with Crippen molar-refractivity contribution in [2.45, 2.75) is 70.6 Å². The molecule has 1 atom stereocenters. The maximum Gasteiger partial charge on any atom is 0.410 e. The van der Waals surface area contributed by atoms with E-state index in [9.17, 15) is 14.4 Å². The fraction of sp³-hybridized carbons (Fsp3) is 0.464. The Labute approximate surface area is 206 Å². The van der Waals surface area contributed by atoms with Gasteiger partial charge in [-0.2, -0.15) is 0 Å². The van der Waals surface area contributed by atoms with Crippen LogP contribution in [0.15, 0.2) is 48.5 Å². The zero-order valence-electron chi connectivity index (χ0n) is 21.1. The van der Waals surface area contributed by atoms with Crippen LogP contribution in [0.2, 0.25) is 0 Å². The number of rotatable bonds is 5. The van der Waals surface area contributed by atoms with Crippen LogP contribution in [-0.4, -0.2) is 53.2 Å². The number of benzene rings is 2. The van der Waals surface area contributed by atoms with Gasteiger partial charge in [-0.1, -0.05) is 48.5 Å². The van der Waals surface area contributed by atoms with Gasteiger partial charge in [0.15, 0.2) is 0 Å². The number of likely N-dealkylation sites (tertiary alicyclic amines) is 1. The van der Waals surface area contributed by atoms with Crippen LogP contribution in [0, 0.1) is 0 Å². The Balaban J connectivity index is 1.41. The first-order chi connectivity index (χ1) is 16.5. The van der Waals surface area contributed by atoms with E-state index in [1.807, 2.05) is 24.3 Å². The van der Waals surface area contributed by atoms with Gasteiger partial charge in [0.05, 0.1) is 0 Å². The highest BCUT2D eigenvalue weighted by atomic mass is 16.6. The predicted octanol–water partition coefficient (Wildman–Crippen LogP) is 4.64. The number of ether oxygens (including phenoxy) is 2. The summed E-state index contributed by atoms with van der Waals surface area (Å²) < 4.78 is 11.2. The smallest absolute Gasteiger partial charge is 0.410 e. The van der Waals surface area contributed by atoms with Gasteiger partial charge in [0, 0.05) is 12.5 Å². The van der Waals surface area contributed by atoms with Crippen LogP contribution in [-0.2, 0) is 19.1 Å². The number of esters is 1. The van der Waals surface area contributed by atoms with Crippen molar-refractivity contribution in [3.63, 3.8) is 0 Å². The largest absolute Gasteiger partial charge is 0.458 e. The highest BCUT2D eigenvalue weighted by molar-refractivity contribution is 5.92. The number of nitrogens with zero attached hydrogens (tertiary/aromatic N) is 1. The van der Waals surface area contributed by atoms with E-state index in [2.05, 4.69) is 29.6 Å². The minimum absolute atomic E-state index is 0.0488. The summed E-state index contributed by atoms with van der Waals surface area (Å²) in [5, 5.41) is 2.77. The van der Waals surface area contributed by atoms with Gasteiger partial charge in [-0.3, -0.25) is 9.69 Å². The van der Waals surface area contributed by atoms with Crippen molar-refractivity contribution in [3.8, 4) is 11.1 Å². The summed E-state index contributed by atoms with van der Waals surface area (Å²) in [5.41, 5.74) is 2.70. The lowest BCUT2D eigenvalue weighted by atomic mass is 9.98. The molecule has 1 heterocycles. The van der Waals surface area contributed by atoms with E-state index < -0.39 is 29.2 Å². The van der Waals surface area contributed by atoms with Gasteiger partial charge in [0.2, 0.25) is 5.91 Å². The molecule has 186 valence electrons. The van der Waals surface area contributed by atoms with Crippen molar-refractivity contribution in [1.29, 1.82) is 0 Å². The molecule has 1 saturated heterocycles. The number of fused-ring (bicyclic) bond motifs is 3. The summed E-state index contributed by atoms with van der Waals surface area (Å²) >= 11 is 0. The van der Waals surface area contributed by atoms with Crippen LogP contribution in [0.5, 0.6) is 0 Å². The maximum absolute atomic E-state index is 13.1. The second-order valence-corrected chi connectivity index (χ2v) is 10.8. The number of amides is 2. The number of carbonyl (C=O) groups excluding carboxylic acids is 3. The Morgan fingerprint density at radius 3 is 2.09 bits per heavy atom. The van der Waals surface area contributed by atoms with E-state index in [-0.39, 0.29) is 18.4 Å². The molecule has 0 bridgehead atoms. The Bertz CT molecular complexity index is 1090. The molecular formula is C28H34N2O5. The van der Waals surface area contributed by atoms with Gasteiger partial charge in [-0.15, -0.1) is 0 Å². The first kappa shape index (κ1) is 24.8. The second-order valence-electron chi connectivity index (χ2n) is 10.8. The third kappa shape index (κ3) is 5.19. The van der Waals surface area contributed by atoms with Gasteiger partial charge in [0.25, 0.3) is 0 Å². The Morgan fingerprint density at radius 2 is 1.51 bits per heavy atom. The second kappa shape index (κ2) is 9.36. The van der Waals surface area contributed by atoms with Crippen molar-refractivity contribution < 1.29 is 23.9 Å². The van der Waals surface area contributed by atoms with Crippen LogP contribution in [0.1, 0.15) is 64.5 Å². The molecular weight excluding hydrogens is 444 g/mol. The summed E-state index contributed by atoms with van der Waals surface area (Å²) in [7, 11) is 0. The van der Waals surface area contributed by atoms with E-state index in [1.165, 1.54) is 4.90 Å².